The highest BCUT2D eigenvalue weighted by Gasteiger charge is 2.18. The number of ether oxygens (including phenoxy) is 1. The van der Waals surface area contributed by atoms with E-state index in [0.29, 0.717) is 25.0 Å². The van der Waals surface area contributed by atoms with Gasteiger partial charge in [-0.3, -0.25) is 0 Å². The van der Waals surface area contributed by atoms with E-state index in [1.165, 1.54) is 0 Å². The third-order valence-electron chi connectivity index (χ3n) is 4.24. The highest BCUT2D eigenvalue weighted by Crippen LogP contribution is 2.32. The molecule has 3 aromatic heterocycles. The first-order chi connectivity index (χ1) is 12.2. The van der Waals surface area contributed by atoms with Gasteiger partial charge < -0.3 is 14.1 Å². The largest absolute Gasteiger partial charge is 0.469 e. The predicted octanol–water partition coefficient (Wildman–Crippen LogP) is 2.65. The normalized spacial score (nSPS) is 14.7. The fraction of sp³-hybridized carbons (Fsp3) is 0.333. The van der Waals surface area contributed by atoms with Crippen molar-refractivity contribution in [1.29, 1.82) is 0 Å². The van der Waals surface area contributed by atoms with Crippen LogP contribution in [-0.4, -0.2) is 46.2 Å². The van der Waals surface area contributed by atoms with E-state index >= 15 is 0 Å². The molecule has 1 aliphatic rings. The van der Waals surface area contributed by atoms with E-state index in [1.54, 1.807) is 12.5 Å². The van der Waals surface area contributed by atoms with Crippen LogP contribution in [0.4, 0.5) is 5.95 Å². The molecule has 0 aromatic carbocycles. The van der Waals surface area contributed by atoms with Crippen LogP contribution < -0.4 is 4.90 Å². The van der Waals surface area contributed by atoms with Gasteiger partial charge in [0.2, 0.25) is 5.95 Å². The van der Waals surface area contributed by atoms with Crippen LogP contribution in [-0.2, 0) is 4.74 Å². The maximum Gasteiger partial charge on any atom is 0.226 e. The molecule has 0 saturated carbocycles. The van der Waals surface area contributed by atoms with Gasteiger partial charge in [-0.15, -0.1) is 0 Å². The zero-order valence-corrected chi connectivity index (χ0v) is 14.3. The summed E-state index contributed by atoms with van der Waals surface area (Å²) >= 11 is 0. The number of anilines is 1. The summed E-state index contributed by atoms with van der Waals surface area (Å²) in [6.45, 7) is 6.78. The number of aromatic nitrogens is 4. The Bertz CT molecular complexity index is 887. The Morgan fingerprint density at radius 3 is 2.60 bits per heavy atom. The summed E-state index contributed by atoms with van der Waals surface area (Å²) in [5, 5.41) is 0. The SMILES string of the molecule is Cc1ncc(-c2ccnc(N3CCOCC3)n2)c(-c2ccoc2C)n1. The van der Waals surface area contributed by atoms with E-state index < -0.39 is 0 Å². The molecule has 0 spiro atoms. The predicted molar refractivity (Wildman–Crippen MR) is 93.3 cm³/mol. The lowest BCUT2D eigenvalue weighted by molar-refractivity contribution is 0.122. The molecule has 1 aliphatic heterocycles. The van der Waals surface area contributed by atoms with Crippen molar-refractivity contribution in [2.45, 2.75) is 13.8 Å². The van der Waals surface area contributed by atoms with E-state index in [0.717, 1.165) is 41.4 Å². The lowest BCUT2D eigenvalue weighted by atomic mass is 10.1. The number of rotatable bonds is 3. The monoisotopic (exact) mass is 337 g/mol. The molecule has 0 N–H and O–H groups in total. The Morgan fingerprint density at radius 2 is 1.84 bits per heavy atom. The topological polar surface area (TPSA) is 77.2 Å². The van der Waals surface area contributed by atoms with Crippen molar-refractivity contribution in [3.63, 3.8) is 0 Å². The molecule has 0 atom stereocenters. The number of hydrogen-bond acceptors (Lipinski definition) is 7. The molecule has 3 aromatic rings. The molecule has 25 heavy (non-hydrogen) atoms. The highest BCUT2D eigenvalue weighted by atomic mass is 16.5. The Kier molecular flexibility index (Phi) is 4.15. The minimum atomic E-state index is 0.695. The van der Waals surface area contributed by atoms with Gasteiger partial charge in [0, 0.05) is 36.6 Å². The van der Waals surface area contributed by atoms with E-state index in [4.69, 9.17) is 14.1 Å². The molecule has 128 valence electrons. The van der Waals surface area contributed by atoms with Crippen LogP contribution in [0.2, 0.25) is 0 Å². The number of hydrogen-bond donors (Lipinski definition) is 0. The van der Waals surface area contributed by atoms with E-state index in [1.807, 2.05) is 32.2 Å². The van der Waals surface area contributed by atoms with Crippen LogP contribution in [0.15, 0.2) is 35.2 Å². The summed E-state index contributed by atoms with van der Waals surface area (Å²) in [6.07, 6.45) is 5.26. The molecule has 1 fully saturated rings. The quantitative estimate of drug-likeness (QED) is 0.727. The summed E-state index contributed by atoms with van der Waals surface area (Å²) in [7, 11) is 0. The minimum Gasteiger partial charge on any atom is -0.469 e. The molecule has 4 rings (SSSR count). The first-order valence-electron chi connectivity index (χ1n) is 8.26. The summed E-state index contributed by atoms with van der Waals surface area (Å²) < 4.78 is 10.9. The Labute approximate surface area is 145 Å². The van der Waals surface area contributed by atoms with Crippen LogP contribution in [0.1, 0.15) is 11.6 Å². The van der Waals surface area contributed by atoms with Crippen molar-refractivity contribution in [1.82, 2.24) is 19.9 Å². The summed E-state index contributed by atoms with van der Waals surface area (Å²) in [6, 6.07) is 3.81. The average Bonchev–Trinajstić information content (AvgIpc) is 3.08. The van der Waals surface area contributed by atoms with Gasteiger partial charge in [0.1, 0.15) is 11.6 Å². The molecular weight excluding hydrogens is 318 g/mol. The van der Waals surface area contributed by atoms with Gasteiger partial charge in [0.25, 0.3) is 0 Å². The van der Waals surface area contributed by atoms with E-state index in [9.17, 15) is 0 Å². The summed E-state index contributed by atoms with van der Waals surface area (Å²) in [4.78, 5) is 20.3. The van der Waals surface area contributed by atoms with Crippen molar-refractivity contribution in [3.05, 3.63) is 42.4 Å². The summed E-state index contributed by atoms with van der Waals surface area (Å²) in [5.41, 5.74) is 3.44. The molecule has 0 aliphatic carbocycles. The molecule has 7 heteroatoms. The van der Waals surface area contributed by atoms with Crippen molar-refractivity contribution in [2.75, 3.05) is 31.2 Å². The van der Waals surface area contributed by atoms with Crippen molar-refractivity contribution in [3.8, 4) is 22.5 Å². The molecule has 1 saturated heterocycles. The molecule has 4 heterocycles. The smallest absolute Gasteiger partial charge is 0.226 e. The minimum absolute atomic E-state index is 0.695. The van der Waals surface area contributed by atoms with Gasteiger partial charge in [-0.25, -0.2) is 19.9 Å². The van der Waals surface area contributed by atoms with E-state index in [-0.39, 0.29) is 0 Å². The molecule has 0 radical (unpaired) electrons. The third kappa shape index (κ3) is 3.10. The first-order valence-corrected chi connectivity index (χ1v) is 8.26. The van der Waals surface area contributed by atoms with Crippen molar-refractivity contribution < 1.29 is 9.15 Å². The summed E-state index contributed by atoms with van der Waals surface area (Å²) in [5.74, 6) is 2.24. The van der Waals surface area contributed by atoms with E-state index in [2.05, 4.69) is 19.9 Å². The molecule has 0 amide bonds. The second-order valence-corrected chi connectivity index (χ2v) is 5.91. The third-order valence-corrected chi connectivity index (χ3v) is 4.24. The average molecular weight is 337 g/mol. The fourth-order valence-corrected chi connectivity index (χ4v) is 2.91. The zero-order valence-electron chi connectivity index (χ0n) is 14.3. The van der Waals surface area contributed by atoms with Crippen LogP contribution in [0.5, 0.6) is 0 Å². The fourth-order valence-electron chi connectivity index (χ4n) is 2.91. The standard InChI is InChI=1S/C18H19N5O2/c1-12-14(4-8-25-12)17-15(11-20-13(2)21-17)16-3-5-19-18(22-16)23-6-9-24-10-7-23/h3-5,8,11H,6-7,9-10H2,1-2H3. The number of furan rings is 1. The second kappa shape index (κ2) is 6.60. The Morgan fingerprint density at radius 1 is 1.00 bits per heavy atom. The van der Waals surface area contributed by atoms with Gasteiger partial charge in [-0.05, 0) is 26.0 Å². The maximum atomic E-state index is 5.45. The lowest BCUT2D eigenvalue weighted by Gasteiger charge is -2.26. The second-order valence-electron chi connectivity index (χ2n) is 5.91. The molecular formula is C18H19N5O2. The first kappa shape index (κ1) is 15.7. The number of aryl methyl sites for hydroxylation is 2. The lowest BCUT2D eigenvalue weighted by Crippen LogP contribution is -2.37. The maximum absolute atomic E-state index is 5.45. The highest BCUT2D eigenvalue weighted by molar-refractivity contribution is 5.79. The Hall–Kier alpha value is -2.80. The molecule has 0 bridgehead atoms. The molecule has 0 unspecified atom stereocenters. The van der Waals surface area contributed by atoms with Crippen LogP contribution in [0, 0.1) is 13.8 Å². The van der Waals surface area contributed by atoms with Crippen LogP contribution in [0.3, 0.4) is 0 Å². The molecule has 7 nitrogen and oxygen atoms in total. The Balaban J connectivity index is 1.79. The van der Waals surface area contributed by atoms with Crippen LogP contribution >= 0.6 is 0 Å². The number of nitrogens with zero attached hydrogens (tertiary/aromatic N) is 5. The van der Waals surface area contributed by atoms with Gasteiger partial charge in [-0.2, -0.15) is 0 Å². The van der Waals surface area contributed by atoms with Gasteiger partial charge in [0.15, 0.2) is 0 Å². The van der Waals surface area contributed by atoms with Crippen molar-refractivity contribution >= 4 is 5.95 Å². The zero-order chi connectivity index (χ0) is 17.2. The van der Waals surface area contributed by atoms with Gasteiger partial charge in [0.05, 0.1) is 30.9 Å². The number of morpholine rings is 1. The van der Waals surface area contributed by atoms with Gasteiger partial charge in [-0.1, -0.05) is 0 Å². The van der Waals surface area contributed by atoms with Crippen LogP contribution in [0.25, 0.3) is 22.5 Å². The van der Waals surface area contributed by atoms with Gasteiger partial charge >= 0.3 is 0 Å². The van der Waals surface area contributed by atoms with Crippen molar-refractivity contribution in [2.24, 2.45) is 0 Å².